The van der Waals surface area contributed by atoms with E-state index in [4.69, 9.17) is 11.6 Å². The quantitative estimate of drug-likeness (QED) is 0.493. The molecule has 54 valence electrons. The van der Waals surface area contributed by atoms with Gasteiger partial charge in [-0.25, -0.2) is 0 Å². The number of hydrogen-bond acceptors (Lipinski definition) is 1. The number of alkyl halides is 1. The molecule has 1 aliphatic heterocycles. The molecule has 0 bridgehead atoms. The lowest BCUT2D eigenvalue weighted by Crippen LogP contribution is -2.15. The van der Waals surface area contributed by atoms with Crippen LogP contribution in [0.15, 0.2) is 15.6 Å². The van der Waals surface area contributed by atoms with Gasteiger partial charge in [-0.05, 0) is 22.0 Å². The molecule has 10 heavy (non-hydrogen) atoms. The van der Waals surface area contributed by atoms with E-state index in [0.717, 1.165) is 0 Å². The number of hydrogen-bond donors (Lipinski definition) is 0. The molecule has 5 heteroatoms. The van der Waals surface area contributed by atoms with Gasteiger partial charge in [-0.3, -0.25) is 4.79 Å². The van der Waals surface area contributed by atoms with E-state index in [1.165, 1.54) is 0 Å². The van der Waals surface area contributed by atoms with Crippen LogP contribution in [0.3, 0.4) is 0 Å². The molecule has 1 heterocycles. The molecule has 0 radical (unpaired) electrons. The Balaban J connectivity index is 2.94. The Morgan fingerprint density at radius 2 is 2.40 bits per heavy atom. The molecular formula is C5H2BrClINO. The lowest BCUT2D eigenvalue weighted by Gasteiger charge is -2.06. The smallest absolute Gasteiger partial charge is 0.264 e. The van der Waals surface area contributed by atoms with Gasteiger partial charge in [0.25, 0.3) is 5.91 Å². The molecule has 0 aromatic heterocycles. The molecule has 1 amide bonds. The topological polar surface area (TPSA) is 29.4 Å². The number of carbonyl (C=O) groups is 1. The average molecular weight is 334 g/mol. The zero-order valence-electron chi connectivity index (χ0n) is 4.64. The van der Waals surface area contributed by atoms with Gasteiger partial charge < -0.3 is 0 Å². The van der Waals surface area contributed by atoms with Crippen LogP contribution in [-0.4, -0.2) is 15.0 Å². The summed E-state index contributed by atoms with van der Waals surface area (Å²) in [6.07, 6.45) is 1.72. The normalized spacial score (nSPS) is 25.9. The number of amides is 1. The van der Waals surface area contributed by atoms with Crippen LogP contribution in [-0.2, 0) is 4.79 Å². The van der Waals surface area contributed by atoms with Gasteiger partial charge in [-0.15, -0.1) is 0 Å². The summed E-state index contributed by atoms with van der Waals surface area (Å²) < 4.78 is 0.502. The maximum absolute atomic E-state index is 10.8. The summed E-state index contributed by atoms with van der Waals surface area (Å²) in [5, 5.41) is 0.234. The second kappa shape index (κ2) is 3.32. The molecule has 0 saturated heterocycles. The van der Waals surface area contributed by atoms with E-state index in [1.54, 1.807) is 6.08 Å². The molecule has 1 aliphatic rings. The van der Waals surface area contributed by atoms with E-state index in [2.05, 4.69) is 20.9 Å². The first-order valence-electron chi connectivity index (χ1n) is 2.41. The van der Waals surface area contributed by atoms with Gasteiger partial charge in [0, 0.05) is 0 Å². The van der Waals surface area contributed by atoms with Crippen molar-refractivity contribution in [2.75, 3.05) is 0 Å². The molecule has 1 rings (SSSR count). The number of allylic oxidation sites excluding steroid dienone is 1. The van der Waals surface area contributed by atoms with Gasteiger partial charge in [0.2, 0.25) is 0 Å². The molecule has 0 aromatic rings. The Morgan fingerprint density at radius 1 is 1.80 bits per heavy atom. The minimum Gasteiger partial charge on any atom is -0.271 e. The Labute approximate surface area is 85.0 Å². The van der Waals surface area contributed by atoms with E-state index < -0.39 is 0 Å². The first-order valence-corrected chi connectivity index (χ1v) is 4.82. The Kier molecular flexibility index (Phi) is 2.88. The molecule has 0 N–H and O–H groups in total. The largest absolute Gasteiger partial charge is 0.271 e. The van der Waals surface area contributed by atoms with Crippen molar-refractivity contribution >= 4 is 61.2 Å². The molecule has 2 nitrogen and oxygen atoms in total. The second-order valence-corrected chi connectivity index (χ2v) is 4.21. The monoisotopic (exact) mass is 333 g/mol. The molecular weight excluding hydrogens is 332 g/mol. The first-order chi connectivity index (χ1) is 4.61. The zero-order chi connectivity index (χ0) is 7.72. The Hall–Kier alpha value is 0.580. The first kappa shape index (κ1) is 8.67. The van der Waals surface area contributed by atoms with Gasteiger partial charge in [0.15, 0.2) is 0 Å². The van der Waals surface area contributed by atoms with Crippen molar-refractivity contribution in [2.24, 2.45) is 4.99 Å². The van der Waals surface area contributed by atoms with Crippen LogP contribution >= 0.6 is 50.1 Å². The highest BCUT2D eigenvalue weighted by Gasteiger charge is 2.18. The van der Waals surface area contributed by atoms with Gasteiger partial charge >= 0.3 is 0 Å². The molecule has 0 saturated carbocycles. The Bertz CT molecular complexity index is 238. The minimum absolute atomic E-state index is 0.186. The van der Waals surface area contributed by atoms with Crippen LogP contribution in [0, 0.1) is 0 Å². The number of aliphatic imine (C=N–C) groups is 1. The standard InChI is InChI=1S/C5H2BrClINO/c6-2-1-3(8)5(10)9-4(2)7/h1,3H. The van der Waals surface area contributed by atoms with Crippen LogP contribution in [0.5, 0.6) is 0 Å². The molecule has 1 atom stereocenters. The maximum atomic E-state index is 10.8. The van der Waals surface area contributed by atoms with Crippen LogP contribution in [0.4, 0.5) is 0 Å². The van der Waals surface area contributed by atoms with Crippen LogP contribution < -0.4 is 0 Å². The number of dihydropyridines is 1. The summed E-state index contributed by atoms with van der Waals surface area (Å²) in [5.41, 5.74) is 0. The maximum Gasteiger partial charge on any atom is 0.264 e. The summed E-state index contributed by atoms with van der Waals surface area (Å²) in [6, 6.07) is 0. The molecule has 0 fully saturated rings. The van der Waals surface area contributed by atoms with Crippen molar-refractivity contribution in [1.82, 2.24) is 0 Å². The highest BCUT2D eigenvalue weighted by atomic mass is 127. The van der Waals surface area contributed by atoms with Crippen molar-refractivity contribution in [1.29, 1.82) is 0 Å². The fourth-order valence-corrected chi connectivity index (χ4v) is 1.97. The minimum atomic E-state index is -0.200. The summed E-state index contributed by atoms with van der Waals surface area (Å²) in [7, 11) is 0. The highest BCUT2D eigenvalue weighted by molar-refractivity contribution is 14.1. The summed E-state index contributed by atoms with van der Waals surface area (Å²) in [4.78, 5) is 14.4. The predicted octanol–water partition coefficient (Wildman–Crippen LogP) is 2.25. The zero-order valence-corrected chi connectivity index (χ0v) is 9.14. The van der Waals surface area contributed by atoms with E-state index >= 15 is 0 Å². The van der Waals surface area contributed by atoms with Crippen LogP contribution in [0.25, 0.3) is 0 Å². The van der Waals surface area contributed by atoms with E-state index in [9.17, 15) is 4.79 Å². The fourth-order valence-electron chi connectivity index (χ4n) is 0.480. The van der Waals surface area contributed by atoms with Crippen molar-refractivity contribution in [3.63, 3.8) is 0 Å². The Morgan fingerprint density at radius 3 is 2.90 bits per heavy atom. The number of rotatable bonds is 0. The lowest BCUT2D eigenvalue weighted by atomic mass is 10.3. The van der Waals surface area contributed by atoms with Gasteiger partial charge in [-0.1, -0.05) is 34.2 Å². The average Bonchev–Trinajstić information content (AvgIpc) is 1.84. The molecule has 0 spiro atoms. The number of carbonyl (C=O) groups excluding carboxylic acids is 1. The highest BCUT2D eigenvalue weighted by Crippen LogP contribution is 2.21. The van der Waals surface area contributed by atoms with Gasteiger partial charge in [-0.2, -0.15) is 4.99 Å². The third kappa shape index (κ3) is 1.79. The second-order valence-electron chi connectivity index (χ2n) is 1.66. The van der Waals surface area contributed by atoms with E-state index in [-0.39, 0.29) is 15.0 Å². The van der Waals surface area contributed by atoms with E-state index in [0.29, 0.717) is 4.48 Å². The number of halogens is 3. The van der Waals surface area contributed by atoms with Crippen molar-refractivity contribution < 1.29 is 4.79 Å². The van der Waals surface area contributed by atoms with Gasteiger partial charge in [0.05, 0.1) is 4.48 Å². The van der Waals surface area contributed by atoms with Gasteiger partial charge in [0.1, 0.15) is 9.10 Å². The lowest BCUT2D eigenvalue weighted by molar-refractivity contribution is -0.116. The third-order valence-electron chi connectivity index (χ3n) is 0.934. The van der Waals surface area contributed by atoms with Crippen molar-refractivity contribution in [3.05, 3.63) is 10.6 Å². The summed E-state index contributed by atoms with van der Waals surface area (Å²) in [6.45, 7) is 0. The SMILES string of the molecule is O=C1N=C(Cl)C(Br)=CC1I. The fraction of sp³-hybridized carbons (Fsp3) is 0.200. The predicted molar refractivity (Wildman–Crippen MR) is 53.1 cm³/mol. The van der Waals surface area contributed by atoms with Crippen molar-refractivity contribution in [2.45, 2.75) is 3.92 Å². The van der Waals surface area contributed by atoms with Crippen molar-refractivity contribution in [3.8, 4) is 0 Å². The van der Waals surface area contributed by atoms with E-state index in [1.807, 2.05) is 22.6 Å². The summed E-state index contributed by atoms with van der Waals surface area (Å²) in [5.74, 6) is -0.200. The molecule has 1 unspecified atom stereocenters. The molecule has 0 aliphatic carbocycles. The summed E-state index contributed by atoms with van der Waals surface area (Å²) >= 11 is 10.7. The third-order valence-corrected chi connectivity index (χ3v) is 2.98. The van der Waals surface area contributed by atoms with Crippen LogP contribution in [0.2, 0.25) is 0 Å². The van der Waals surface area contributed by atoms with Crippen LogP contribution in [0.1, 0.15) is 0 Å². The number of nitrogens with zero attached hydrogens (tertiary/aromatic N) is 1. The molecule has 0 aromatic carbocycles.